The Morgan fingerprint density at radius 3 is 3.17 bits per heavy atom. The van der Waals surface area contributed by atoms with Crippen molar-refractivity contribution in [2.75, 3.05) is 13.1 Å². The Hall–Kier alpha value is -0.900. The van der Waals surface area contributed by atoms with Crippen LogP contribution in [0.3, 0.4) is 0 Å². The number of rotatable bonds is 1. The molecule has 4 nitrogen and oxygen atoms in total. The summed E-state index contributed by atoms with van der Waals surface area (Å²) < 4.78 is 19.3. The van der Waals surface area contributed by atoms with Gasteiger partial charge >= 0.3 is 0 Å². The van der Waals surface area contributed by atoms with Crippen molar-refractivity contribution in [2.45, 2.75) is 19.7 Å². The van der Waals surface area contributed by atoms with Gasteiger partial charge < -0.3 is 9.84 Å². The summed E-state index contributed by atoms with van der Waals surface area (Å²) in [6, 6.07) is 0. The van der Waals surface area contributed by atoms with Crippen molar-refractivity contribution in [1.82, 2.24) is 15.5 Å². The van der Waals surface area contributed by atoms with Crippen molar-refractivity contribution in [3.63, 3.8) is 0 Å². The van der Waals surface area contributed by atoms with E-state index in [1.54, 1.807) is 0 Å². The summed E-state index contributed by atoms with van der Waals surface area (Å²) in [7, 11) is 0. The van der Waals surface area contributed by atoms with Crippen LogP contribution in [0.1, 0.15) is 27.3 Å². The SMILES string of the molecule is [2H]C([2H])c1noc([C@H]2CNC[C@@H]2C)n1. The summed E-state index contributed by atoms with van der Waals surface area (Å²) in [5.74, 6) is 1.41. The fraction of sp³-hybridized carbons (Fsp3) is 0.750. The van der Waals surface area contributed by atoms with E-state index in [9.17, 15) is 0 Å². The van der Waals surface area contributed by atoms with E-state index >= 15 is 0 Å². The predicted octanol–water partition coefficient (Wildman–Crippen LogP) is 0.701. The summed E-state index contributed by atoms with van der Waals surface area (Å²) >= 11 is 0. The Labute approximate surface area is 74.2 Å². The number of hydrogen-bond donors (Lipinski definition) is 1. The molecule has 1 N–H and O–H groups in total. The Morgan fingerprint density at radius 2 is 2.58 bits per heavy atom. The molecule has 1 fully saturated rings. The number of aryl methyl sites for hydroxylation is 1. The van der Waals surface area contributed by atoms with E-state index < -0.39 is 6.88 Å². The lowest BCUT2D eigenvalue weighted by Gasteiger charge is -2.06. The van der Waals surface area contributed by atoms with Crippen molar-refractivity contribution in [2.24, 2.45) is 5.92 Å². The van der Waals surface area contributed by atoms with Gasteiger partial charge in [0.2, 0.25) is 5.89 Å². The minimum atomic E-state index is -1.16. The van der Waals surface area contributed by atoms with Crippen LogP contribution in [-0.4, -0.2) is 23.2 Å². The number of aromatic nitrogens is 2. The normalized spacial score (nSPS) is 32.2. The molecular formula is C8H13N3O. The minimum absolute atomic E-state index is 0.152. The van der Waals surface area contributed by atoms with Gasteiger partial charge in [0.25, 0.3) is 0 Å². The van der Waals surface area contributed by atoms with Crippen molar-refractivity contribution < 1.29 is 7.26 Å². The van der Waals surface area contributed by atoms with Crippen molar-refractivity contribution in [3.8, 4) is 0 Å². The first-order valence-corrected chi connectivity index (χ1v) is 4.07. The van der Waals surface area contributed by atoms with E-state index in [2.05, 4.69) is 22.4 Å². The molecular weight excluding hydrogens is 154 g/mol. The van der Waals surface area contributed by atoms with E-state index in [0.29, 0.717) is 11.8 Å². The summed E-state index contributed by atoms with van der Waals surface area (Å²) in [4.78, 5) is 4.05. The van der Waals surface area contributed by atoms with E-state index in [1.807, 2.05) is 0 Å². The third-order valence-electron chi connectivity index (χ3n) is 2.29. The fourth-order valence-electron chi connectivity index (χ4n) is 1.54. The van der Waals surface area contributed by atoms with Crippen LogP contribution in [0.5, 0.6) is 0 Å². The largest absolute Gasteiger partial charge is 0.339 e. The third kappa shape index (κ3) is 1.22. The van der Waals surface area contributed by atoms with Crippen LogP contribution in [0.4, 0.5) is 0 Å². The molecule has 1 aliphatic heterocycles. The molecule has 0 aromatic carbocycles. The minimum Gasteiger partial charge on any atom is -0.339 e. The Morgan fingerprint density at radius 1 is 1.67 bits per heavy atom. The fourth-order valence-corrected chi connectivity index (χ4v) is 1.54. The molecule has 2 atom stereocenters. The average Bonchev–Trinajstić information content (AvgIpc) is 2.71. The lowest BCUT2D eigenvalue weighted by atomic mass is 9.98. The first-order valence-electron chi connectivity index (χ1n) is 5.22. The van der Waals surface area contributed by atoms with E-state index in [4.69, 9.17) is 7.26 Å². The summed E-state index contributed by atoms with van der Waals surface area (Å²) in [5, 5.41) is 6.84. The van der Waals surface area contributed by atoms with Crippen molar-refractivity contribution >= 4 is 0 Å². The van der Waals surface area contributed by atoms with Gasteiger partial charge in [0.05, 0.1) is 5.92 Å². The molecule has 0 spiro atoms. The standard InChI is InChI=1S/C8H13N3O/c1-5-3-9-4-7(5)8-10-6(2)11-12-8/h5,7,9H,3-4H2,1-2H3/t5-,7-/m0/s1/i2D2. The number of hydrogen-bond acceptors (Lipinski definition) is 4. The highest BCUT2D eigenvalue weighted by Gasteiger charge is 2.28. The van der Waals surface area contributed by atoms with Gasteiger partial charge in [-0.1, -0.05) is 12.1 Å². The molecule has 0 unspecified atom stereocenters. The van der Waals surface area contributed by atoms with Gasteiger partial charge in [-0.2, -0.15) is 4.98 Å². The van der Waals surface area contributed by atoms with Crippen LogP contribution in [0.2, 0.25) is 0 Å². The average molecular weight is 169 g/mol. The molecule has 0 radical (unpaired) electrons. The zero-order valence-electron chi connectivity index (χ0n) is 8.95. The second-order valence-corrected chi connectivity index (χ2v) is 3.23. The maximum Gasteiger partial charge on any atom is 0.231 e. The van der Waals surface area contributed by atoms with Crippen LogP contribution in [0, 0.1) is 12.8 Å². The molecule has 1 saturated heterocycles. The van der Waals surface area contributed by atoms with E-state index in [-0.39, 0.29) is 11.7 Å². The molecule has 66 valence electrons. The van der Waals surface area contributed by atoms with E-state index in [0.717, 1.165) is 13.1 Å². The monoisotopic (exact) mass is 169 g/mol. The first-order chi connectivity index (χ1) is 6.68. The second-order valence-electron chi connectivity index (χ2n) is 3.23. The van der Waals surface area contributed by atoms with Crippen molar-refractivity contribution in [3.05, 3.63) is 11.7 Å². The summed E-state index contributed by atoms with van der Waals surface area (Å²) in [6.45, 7) is 2.75. The highest BCUT2D eigenvalue weighted by molar-refractivity contribution is 4.99. The molecule has 2 heterocycles. The van der Waals surface area contributed by atoms with Gasteiger partial charge in [-0.3, -0.25) is 0 Å². The molecule has 1 aromatic rings. The van der Waals surface area contributed by atoms with Crippen LogP contribution >= 0.6 is 0 Å². The summed E-state index contributed by atoms with van der Waals surface area (Å²) in [5.41, 5.74) is 0. The van der Waals surface area contributed by atoms with Crippen LogP contribution in [0.15, 0.2) is 4.52 Å². The third-order valence-corrected chi connectivity index (χ3v) is 2.29. The van der Waals surface area contributed by atoms with Crippen LogP contribution in [-0.2, 0) is 0 Å². The molecule has 1 aromatic heterocycles. The quantitative estimate of drug-likeness (QED) is 0.672. The zero-order chi connectivity index (χ0) is 10.1. The van der Waals surface area contributed by atoms with E-state index in [1.165, 1.54) is 0 Å². The lowest BCUT2D eigenvalue weighted by Crippen LogP contribution is -2.08. The highest BCUT2D eigenvalue weighted by atomic mass is 16.5. The number of nitrogens with one attached hydrogen (secondary N) is 1. The molecule has 4 heteroatoms. The predicted molar refractivity (Wildman–Crippen MR) is 43.8 cm³/mol. The zero-order valence-corrected chi connectivity index (χ0v) is 6.95. The lowest BCUT2D eigenvalue weighted by molar-refractivity contribution is 0.337. The van der Waals surface area contributed by atoms with Crippen LogP contribution < -0.4 is 5.32 Å². The Bertz CT molecular complexity index is 315. The van der Waals surface area contributed by atoms with Gasteiger partial charge in [0.15, 0.2) is 5.82 Å². The molecule has 0 bridgehead atoms. The van der Waals surface area contributed by atoms with Gasteiger partial charge in [-0.05, 0) is 19.3 Å². The topological polar surface area (TPSA) is 51.0 Å². The maximum atomic E-state index is 7.12. The van der Waals surface area contributed by atoms with Crippen molar-refractivity contribution in [1.29, 1.82) is 0 Å². The summed E-state index contributed by atoms with van der Waals surface area (Å²) in [6.07, 6.45) is 0. The maximum absolute atomic E-state index is 7.12. The molecule has 0 amide bonds. The van der Waals surface area contributed by atoms with Gasteiger partial charge in [0.1, 0.15) is 0 Å². The van der Waals surface area contributed by atoms with Gasteiger partial charge in [-0.15, -0.1) is 0 Å². The Balaban J connectivity index is 2.16. The molecule has 0 saturated carbocycles. The second kappa shape index (κ2) is 2.86. The Kier molecular flexibility index (Phi) is 1.36. The van der Waals surface area contributed by atoms with Crippen LogP contribution in [0.25, 0.3) is 0 Å². The number of nitrogens with zero attached hydrogens (tertiary/aromatic N) is 2. The van der Waals surface area contributed by atoms with Gasteiger partial charge in [0, 0.05) is 9.29 Å². The molecule has 1 aliphatic rings. The highest BCUT2D eigenvalue weighted by Crippen LogP contribution is 2.25. The smallest absolute Gasteiger partial charge is 0.231 e. The first kappa shape index (κ1) is 5.70. The molecule has 12 heavy (non-hydrogen) atoms. The molecule has 2 rings (SSSR count). The molecule has 0 aliphatic carbocycles. The van der Waals surface area contributed by atoms with Gasteiger partial charge in [-0.25, -0.2) is 0 Å².